The van der Waals surface area contributed by atoms with Crippen molar-refractivity contribution in [3.05, 3.63) is 39.8 Å². The predicted octanol–water partition coefficient (Wildman–Crippen LogP) is 3.08. The van der Waals surface area contributed by atoms with Crippen molar-refractivity contribution in [2.24, 2.45) is 0 Å². The second kappa shape index (κ2) is 4.94. The van der Waals surface area contributed by atoms with Gasteiger partial charge in [-0.15, -0.1) is 0 Å². The van der Waals surface area contributed by atoms with Gasteiger partial charge in [0, 0.05) is 5.56 Å². The Labute approximate surface area is 113 Å². The number of aromatic nitrogens is 2. The molecule has 0 saturated heterocycles. The molecule has 0 aliphatic rings. The van der Waals surface area contributed by atoms with Crippen molar-refractivity contribution in [1.82, 2.24) is 9.97 Å². The van der Waals surface area contributed by atoms with E-state index in [0.29, 0.717) is 16.1 Å². The normalized spacial score (nSPS) is 10.6. The summed E-state index contributed by atoms with van der Waals surface area (Å²) in [6.07, 6.45) is -0.0686. The lowest BCUT2D eigenvalue weighted by atomic mass is 10.0. The molecule has 0 saturated carbocycles. The van der Waals surface area contributed by atoms with Gasteiger partial charge in [-0.05, 0) is 47.0 Å². The zero-order valence-electron chi connectivity index (χ0n) is 10.1. The number of halogens is 1. The molecule has 1 aromatic heterocycles. The third-order valence-corrected chi connectivity index (χ3v) is 3.23. The average molecular weight is 309 g/mol. The molecule has 0 radical (unpaired) electrons. The maximum Gasteiger partial charge on any atom is 0.309 e. The maximum absolute atomic E-state index is 10.8. The predicted molar refractivity (Wildman–Crippen MR) is 72.5 cm³/mol. The third kappa shape index (κ3) is 2.61. The van der Waals surface area contributed by atoms with Crippen LogP contribution in [0.4, 0.5) is 0 Å². The molecule has 2 N–H and O–H groups in total. The molecule has 0 unspecified atom stereocenters. The molecule has 18 heavy (non-hydrogen) atoms. The largest absolute Gasteiger partial charge is 0.481 e. The average Bonchev–Trinajstić information content (AvgIpc) is 2.62. The monoisotopic (exact) mass is 308 g/mol. The zero-order chi connectivity index (χ0) is 13.3. The second-order valence-electron chi connectivity index (χ2n) is 4.22. The second-order valence-corrected chi connectivity index (χ2v) is 4.98. The number of H-pyrrole nitrogens is 1. The van der Waals surface area contributed by atoms with E-state index in [0.717, 1.165) is 11.1 Å². The Balaban J connectivity index is 2.49. The highest BCUT2D eigenvalue weighted by Crippen LogP contribution is 2.25. The minimum absolute atomic E-state index is 0.0686. The first-order valence-electron chi connectivity index (χ1n) is 5.51. The third-order valence-electron chi connectivity index (χ3n) is 2.86. The van der Waals surface area contributed by atoms with E-state index in [1.54, 1.807) is 0 Å². The molecule has 0 aliphatic heterocycles. The van der Waals surface area contributed by atoms with E-state index in [2.05, 4.69) is 25.9 Å². The summed E-state index contributed by atoms with van der Waals surface area (Å²) in [7, 11) is 0. The minimum atomic E-state index is -0.878. The van der Waals surface area contributed by atoms with Gasteiger partial charge in [-0.3, -0.25) is 4.79 Å². The van der Waals surface area contributed by atoms with Gasteiger partial charge in [0.05, 0.1) is 17.8 Å². The SMILES string of the molecule is Cc1ccc(-c2nc(Br)[nH]c2CC(=O)O)cc1C. The Bertz CT molecular complexity index is 605. The van der Waals surface area contributed by atoms with Gasteiger partial charge in [0.15, 0.2) is 4.73 Å². The summed E-state index contributed by atoms with van der Waals surface area (Å²) in [5.74, 6) is -0.878. The molecule has 4 nitrogen and oxygen atoms in total. The lowest BCUT2D eigenvalue weighted by Crippen LogP contribution is -2.02. The van der Waals surface area contributed by atoms with Gasteiger partial charge in [-0.25, -0.2) is 4.98 Å². The van der Waals surface area contributed by atoms with Gasteiger partial charge in [0.1, 0.15) is 0 Å². The number of imidazole rings is 1. The fraction of sp³-hybridized carbons (Fsp3) is 0.231. The van der Waals surface area contributed by atoms with E-state index in [9.17, 15) is 4.79 Å². The molecule has 0 amide bonds. The number of nitrogens with zero attached hydrogens (tertiary/aromatic N) is 1. The maximum atomic E-state index is 10.8. The molecule has 2 aromatic rings. The molecule has 1 aromatic carbocycles. The first-order valence-corrected chi connectivity index (χ1v) is 6.30. The highest BCUT2D eigenvalue weighted by molar-refractivity contribution is 9.10. The highest BCUT2D eigenvalue weighted by atomic mass is 79.9. The number of aryl methyl sites for hydroxylation is 2. The Hall–Kier alpha value is -1.62. The van der Waals surface area contributed by atoms with E-state index in [1.807, 2.05) is 32.0 Å². The van der Waals surface area contributed by atoms with Crippen LogP contribution in [0.1, 0.15) is 16.8 Å². The van der Waals surface area contributed by atoms with Gasteiger partial charge in [0.2, 0.25) is 0 Å². The molecule has 5 heteroatoms. The number of nitrogens with one attached hydrogen (secondary N) is 1. The standard InChI is InChI=1S/C13H13BrN2O2/c1-7-3-4-9(5-8(7)2)12-10(6-11(17)18)15-13(14)16-12/h3-5H,6H2,1-2H3,(H,15,16)(H,17,18). The quantitative estimate of drug-likeness (QED) is 0.915. The van der Waals surface area contributed by atoms with Crippen molar-refractivity contribution in [3.8, 4) is 11.3 Å². The fourth-order valence-electron chi connectivity index (χ4n) is 1.78. The molecule has 0 aliphatic carbocycles. The van der Waals surface area contributed by atoms with Crippen LogP contribution in [0.5, 0.6) is 0 Å². The summed E-state index contributed by atoms with van der Waals surface area (Å²) < 4.78 is 0.548. The van der Waals surface area contributed by atoms with Gasteiger partial charge in [-0.2, -0.15) is 0 Å². The molecule has 0 fully saturated rings. The van der Waals surface area contributed by atoms with Crippen LogP contribution in [-0.4, -0.2) is 21.0 Å². The smallest absolute Gasteiger partial charge is 0.309 e. The summed E-state index contributed by atoms with van der Waals surface area (Å²) in [6, 6.07) is 5.98. The van der Waals surface area contributed by atoms with Crippen LogP contribution in [0.15, 0.2) is 22.9 Å². The first-order chi connectivity index (χ1) is 8.47. The number of hydrogen-bond acceptors (Lipinski definition) is 2. The van der Waals surface area contributed by atoms with Crippen molar-refractivity contribution in [1.29, 1.82) is 0 Å². The lowest BCUT2D eigenvalue weighted by molar-refractivity contribution is -0.136. The van der Waals surface area contributed by atoms with E-state index >= 15 is 0 Å². The molecule has 0 bridgehead atoms. The topological polar surface area (TPSA) is 66.0 Å². The summed E-state index contributed by atoms with van der Waals surface area (Å²) >= 11 is 3.24. The van der Waals surface area contributed by atoms with E-state index in [1.165, 1.54) is 5.56 Å². The molecular formula is C13H13BrN2O2. The highest BCUT2D eigenvalue weighted by Gasteiger charge is 2.14. The number of hydrogen-bond donors (Lipinski definition) is 2. The Morgan fingerprint density at radius 1 is 1.39 bits per heavy atom. The number of carbonyl (C=O) groups is 1. The van der Waals surface area contributed by atoms with E-state index in [-0.39, 0.29) is 6.42 Å². The van der Waals surface area contributed by atoms with E-state index < -0.39 is 5.97 Å². The van der Waals surface area contributed by atoms with Crippen molar-refractivity contribution < 1.29 is 9.90 Å². The molecule has 1 heterocycles. The number of rotatable bonds is 3. The van der Waals surface area contributed by atoms with Crippen LogP contribution in [0.3, 0.4) is 0 Å². The van der Waals surface area contributed by atoms with Crippen molar-refractivity contribution in [2.45, 2.75) is 20.3 Å². The van der Waals surface area contributed by atoms with Crippen LogP contribution in [0, 0.1) is 13.8 Å². The fourth-order valence-corrected chi connectivity index (χ4v) is 2.20. The van der Waals surface area contributed by atoms with Crippen LogP contribution >= 0.6 is 15.9 Å². The lowest BCUT2D eigenvalue weighted by Gasteiger charge is -2.04. The minimum Gasteiger partial charge on any atom is -0.481 e. The summed E-state index contributed by atoms with van der Waals surface area (Å²) in [5, 5.41) is 8.88. The van der Waals surface area contributed by atoms with Gasteiger partial charge >= 0.3 is 5.97 Å². The Kier molecular flexibility index (Phi) is 3.52. The molecule has 0 atom stereocenters. The molecule has 2 rings (SSSR count). The molecule has 0 spiro atoms. The Morgan fingerprint density at radius 3 is 2.72 bits per heavy atom. The first kappa shape index (κ1) is 12.8. The van der Waals surface area contributed by atoms with Crippen molar-refractivity contribution in [2.75, 3.05) is 0 Å². The van der Waals surface area contributed by atoms with Gasteiger partial charge < -0.3 is 10.1 Å². The van der Waals surface area contributed by atoms with Crippen LogP contribution in [-0.2, 0) is 11.2 Å². The summed E-state index contributed by atoms with van der Waals surface area (Å²) in [4.78, 5) is 18.1. The van der Waals surface area contributed by atoms with Crippen LogP contribution in [0.25, 0.3) is 11.3 Å². The number of carboxylic acids is 1. The van der Waals surface area contributed by atoms with Crippen molar-refractivity contribution in [3.63, 3.8) is 0 Å². The van der Waals surface area contributed by atoms with Gasteiger partial charge in [0.25, 0.3) is 0 Å². The number of aromatic amines is 1. The number of aliphatic carboxylic acids is 1. The number of benzene rings is 1. The number of carboxylic acid groups (broad SMARTS) is 1. The summed E-state index contributed by atoms with van der Waals surface area (Å²) in [5.41, 5.74) is 4.59. The van der Waals surface area contributed by atoms with Gasteiger partial charge in [-0.1, -0.05) is 12.1 Å². The Morgan fingerprint density at radius 2 is 2.11 bits per heavy atom. The molecule has 94 valence electrons. The van der Waals surface area contributed by atoms with Crippen LogP contribution in [0.2, 0.25) is 0 Å². The van der Waals surface area contributed by atoms with Crippen LogP contribution < -0.4 is 0 Å². The molecular weight excluding hydrogens is 296 g/mol. The van der Waals surface area contributed by atoms with Crippen molar-refractivity contribution >= 4 is 21.9 Å². The zero-order valence-corrected chi connectivity index (χ0v) is 11.7. The van der Waals surface area contributed by atoms with E-state index in [4.69, 9.17) is 5.11 Å². The summed E-state index contributed by atoms with van der Waals surface area (Å²) in [6.45, 7) is 4.06.